The van der Waals surface area contributed by atoms with E-state index < -0.39 is 0 Å². The highest BCUT2D eigenvalue weighted by atomic mass is 16.5. The van der Waals surface area contributed by atoms with Crippen LogP contribution in [0.3, 0.4) is 0 Å². The Morgan fingerprint density at radius 2 is 1.17 bits per heavy atom. The first-order chi connectivity index (χ1) is 8.76. The van der Waals surface area contributed by atoms with Crippen LogP contribution in [0.15, 0.2) is 24.3 Å². The number of fused-ring (bicyclic) bond motifs is 1. The van der Waals surface area contributed by atoms with Crippen molar-refractivity contribution in [1.29, 1.82) is 10.5 Å². The molecule has 2 aromatic rings. The summed E-state index contributed by atoms with van der Waals surface area (Å²) in [5.41, 5.74) is 0.850. The molecule has 0 spiro atoms. The fourth-order valence-electron chi connectivity index (χ4n) is 1.94. The summed E-state index contributed by atoms with van der Waals surface area (Å²) < 4.78 is 10.3. The lowest BCUT2D eigenvalue weighted by molar-refractivity contribution is 0.413. The number of hydrogen-bond acceptors (Lipinski definition) is 4. The van der Waals surface area contributed by atoms with E-state index in [1.807, 2.05) is 0 Å². The summed E-state index contributed by atoms with van der Waals surface area (Å²) in [6, 6.07) is 11.1. The zero-order chi connectivity index (χ0) is 13.1. The van der Waals surface area contributed by atoms with Gasteiger partial charge in [-0.15, -0.1) is 0 Å². The minimum atomic E-state index is 0.425. The number of ether oxygens (including phenoxy) is 2. The zero-order valence-electron chi connectivity index (χ0n) is 10.0. The molecule has 4 nitrogen and oxygen atoms in total. The van der Waals surface area contributed by atoms with Gasteiger partial charge in [0.2, 0.25) is 0 Å². The molecule has 0 radical (unpaired) electrons. The molecule has 0 saturated carbocycles. The van der Waals surface area contributed by atoms with E-state index in [9.17, 15) is 10.5 Å². The molecule has 4 heteroatoms. The standard InChI is InChI=1S/C14H10N2O2/c1-17-13-5-3-10-9(11(13)7-15)4-6-14(18-2)12(10)8-16/h3-6H,1-2H3. The largest absolute Gasteiger partial charge is 0.495 e. The van der Waals surface area contributed by atoms with Crippen LogP contribution < -0.4 is 9.47 Å². The monoisotopic (exact) mass is 238 g/mol. The fourth-order valence-corrected chi connectivity index (χ4v) is 1.94. The molecule has 0 aromatic heterocycles. The predicted molar refractivity (Wildman–Crippen MR) is 66.5 cm³/mol. The molecular formula is C14H10N2O2. The molecule has 0 aliphatic carbocycles. The van der Waals surface area contributed by atoms with Crippen molar-refractivity contribution in [3.05, 3.63) is 35.4 Å². The Kier molecular flexibility index (Phi) is 3.03. The molecule has 0 unspecified atom stereocenters. The van der Waals surface area contributed by atoms with E-state index in [1.54, 1.807) is 24.3 Å². The Labute approximate surface area is 105 Å². The third-order valence-corrected chi connectivity index (χ3v) is 2.79. The second kappa shape index (κ2) is 4.65. The topological polar surface area (TPSA) is 66.0 Å². The number of methoxy groups -OCH3 is 2. The molecule has 0 aliphatic rings. The van der Waals surface area contributed by atoms with Crippen LogP contribution in [-0.4, -0.2) is 14.2 Å². The van der Waals surface area contributed by atoms with Crippen molar-refractivity contribution >= 4 is 10.8 Å². The highest BCUT2D eigenvalue weighted by Gasteiger charge is 2.13. The van der Waals surface area contributed by atoms with Gasteiger partial charge in [0.1, 0.15) is 34.8 Å². The minimum absolute atomic E-state index is 0.425. The lowest BCUT2D eigenvalue weighted by atomic mass is 9.99. The molecule has 0 heterocycles. The molecule has 0 amide bonds. The van der Waals surface area contributed by atoms with Gasteiger partial charge in [0.05, 0.1) is 14.2 Å². The lowest BCUT2D eigenvalue weighted by Crippen LogP contribution is -1.93. The smallest absolute Gasteiger partial charge is 0.137 e. The Morgan fingerprint density at radius 1 is 0.778 bits per heavy atom. The molecule has 0 atom stereocenters. The van der Waals surface area contributed by atoms with Gasteiger partial charge < -0.3 is 9.47 Å². The summed E-state index contributed by atoms with van der Waals surface area (Å²) in [6.45, 7) is 0. The lowest BCUT2D eigenvalue weighted by Gasteiger charge is -2.09. The number of benzene rings is 2. The average molecular weight is 238 g/mol. The van der Waals surface area contributed by atoms with Gasteiger partial charge in [0.25, 0.3) is 0 Å². The summed E-state index contributed by atoms with van der Waals surface area (Å²) in [5, 5.41) is 19.8. The molecule has 0 aliphatic heterocycles. The number of hydrogen-bond donors (Lipinski definition) is 0. The minimum Gasteiger partial charge on any atom is -0.495 e. The van der Waals surface area contributed by atoms with E-state index in [-0.39, 0.29) is 0 Å². The van der Waals surface area contributed by atoms with Gasteiger partial charge in [0, 0.05) is 10.8 Å². The van der Waals surface area contributed by atoms with E-state index >= 15 is 0 Å². The number of nitriles is 2. The van der Waals surface area contributed by atoms with Crippen LogP contribution in [0.5, 0.6) is 11.5 Å². The maximum Gasteiger partial charge on any atom is 0.137 e. The maximum absolute atomic E-state index is 9.19. The van der Waals surface area contributed by atoms with Gasteiger partial charge in [-0.2, -0.15) is 10.5 Å². The molecule has 0 saturated heterocycles. The van der Waals surface area contributed by atoms with Crippen LogP contribution in [0.1, 0.15) is 11.1 Å². The van der Waals surface area contributed by atoms with Crippen LogP contribution in [0, 0.1) is 22.7 Å². The summed E-state index contributed by atoms with van der Waals surface area (Å²) in [5.74, 6) is 0.998. The Hall–Kier alpha value is -2.72. The first-order valence-electron chi connectivity index (χ1n) is 5.24. The molecule has 2 aromatic carbocycles. The Bertz CT molecular complexity index is 632. The Balaban J connectivity index is 2.91. The van der Waals surface area contributed by atoms with E-state index in [0.717, 1.165) is 0 Å². The molecule has 0 bridgehead atoms. The molecule has 0 fully saturated rings. The first kappa shape index (κ1) is 11.8. The number of rotatable bonds is 2. The fraction of sp³-hybridized carbons (Fsp3) is 0.143. The van der Waals surface area contributed by atoms with Gasteiger partial charge in [-0.1, -0.05) is 0 Å². The molecule has 0 N–H and O–H groups in total. The maximum atomic E-state index is 9.19. The second-order valence-electron chi connectivity index (χ2n) is 3.60. The van der Waals surface area contributed by atoms with E-state index in [0.29, 0.717) is 33.4 Å². The van der Waals surface area contributed by atoms with Crippen molar-refractivity contribution in [2.75, 3.05) is 14.2 Å². The van der Waals surface area contributed by atoms with Gasteiger partial charge in [-0.05, 0) is 24.3 Å². The van der Waals surface area contributed by atoms with E-state index in [2.05, 4.69) is 12.1 Å². The van der Waals surface area contributed by atoms with Crippen molar-refractivity contribution < 1.29 is 9.47 Å². The van der Waals surface area contributed by atoms with Crippen molar-refractivity contribution in [2.45, 2.75) is 0 Å². The van der Waals surface area contributed by atoms with Gasteiger partial charge in [-0.3, -0.25) is 0 Å². The third kappa shape index (κ3) is 1.61. The highest BCUT2D eigenvalue weighted by Crippen LogP contribution is 2.33. The summed E-state index contributed by atoms with van der Waals surface area (Å²) >= 11 is 0. The Morgan fingerprint density at radius 3 is 1.44 bits per heavy atom. The zero-order valence-corrected chi connectivity index (χ0v) is 10.0. The molecular weight excluding hydrogens is 228 g/mol. The van der Waals surface area contributed by atoms with Crippen LogP contribution in [0.4, 0.5) is 0 Å². The molecule has 2 rings (SSSR count). The highest BCUT2D eigenvalue weighted by molar-refractivity contribution is 5.95. The van der Waals surface area contributed by atoms with Crippen LogP contribution in [-0.2, 0) is 0 Å². The van der Waals surface area contributed by atoms with Crippen molar-refractivity contribution in [3.63, 3.8) is 0 Å². The van der Waals surface area contributed by atoms with Crippen LogP contribution >= 0.6 is 0 Å². The SMILES string of the molecule is COc1ccc2c(C#N)c(OC)ccc2c1C#N. The average Bonchev–Trinajstić information content (AvgIpc) is 2.44. The molecule has 88 valence electrons. The van der Waals surface area contributed by atoms with E-state index in [4.69, 9.17) is 9.47 Å². The van der Waals surface area contributed by atoms with Crippen molar-refractivity contribution in [3.8, 4) is 23.6 Å². The second-order valence-corrected chi connectivity index (χ2v) is 3.60. The third-order valence-electron chi connectivity index (χ3n) is 2.79. The van der Waals surface area contributed by atoms with Gasteiger partial charge in [-0.25, -0.2) is 0 Å². The van der Waals surface area contributed by atoms with E-state index in [1.165, 1.54) is 14.2 Å². The van der Waals surface area contributed by atoms with Crippen molar-refractivity contribution in [1.82, 2.24) is 0 Å². The number of nitrogens with zero attached hydrogens (tertiary/aromatic N) is 2. The van der Waals surface area contributed by atoms with Crippen molar-refractivity contribution in [2.24, 2.45) is 0 Å². The summed E-state index contributed by atoms with van der Waals surface area (Å²) in [6.07, 6.45) is 0. The normalized spacial score (nSPS) is 9.56. The quantitative estimate of drug-likeness (QED) is 0.806. The van der Waals surface area contributed by atoms with Crippen LogP contribution in [0.2, 0.25) is 0 Å². The van der Waals surface area contributed by atoms with Gasteiger partial charge in [0.15, 0.2) is 0 Å². The predicted octanol–water partition coefficient (Wildman–Crippen LogP) is 2.60. The molecule has 18 heavy (non-hydrogen) atoms. The summed E-state index contributed by atoms with van der Waals surface area (Å²) in [7, 11) is 3.02. The summed E-state index contributed by atoms with van der Waals surface area (Å²) in [4.78, 5) is 0. The van der Waals surface area contributed by atoms with Crippen LogP contribution in [0.25, 0.3) is 10.8 Å². The first-order valence-corrected chi connectivity index (χ1v) is 5.24. The van der Waals surface area contributed by atoms with Gasteiger partial charge >= 0.3 is 0 Å².